The van der Waals surface area contributed by atoms with Gasteiger partial charge in [0.05, 0.1) is 4.47 Å². The highest BCUT2D eigenvalue weighted by Crippen LogP contribution is 2.36. The van der Waals surface area contributed by atoms with Gasteiger partial charge in [-0.05, 0) is 37.9 Å². The van der Waals surface area contributed by atoms with Crippen molar-refractivity contribution in [2.45, 2.75) is 0 Å². The minimum atomic E-state index is 0.600. The van der Waals surface area contributed by atoms with Crippen LogP contribution in [0.4, 0.5) is 0 Å². The molecule has 0 fully saturated rings. The Morgan fingerprint density at radius 2 is 1.79 bits per heavy atom. The molecule has 1 aromatic carbocycles. The van der Waals surface area contributed by atoms with Crippen molar-refractivity contribution in [1.29, 1.82) is 0 Å². The fraction of sp³-hybridized carbons (Fsp3) is 0. The van der Waals surface area contributed by atoms with Gasteiger partial charge in [0.1, 0.15) is 5.69 Å². The van der Waals surface area contributed by atoms with E-state index in [1.807, 2.05) is 24.3 Å². The molecule has 0 saturated heterocycles. The molecule has 72 valence electrons. The number of rotatable bonds is 1. The van der Waals surface area contributed by atoms with Gasteiger partial charge in [0.15, 0.2) is 0 Å². The number of benzene rings is 1. The Morgan fingerprint density at radius 3 is 2.36 bits per heavy atom. The molecule has 0 radical (unpaired) electrons. The van der Waals surface area contributed by atoms with Crippen molar-refractivity contribution in [1.82, 2.24) is 5.16 Å². The molecule has 0 unspecified atom stereocenters. The van der Waals surface area contributed by atoms with Crippen LogP contribution in [0.5, 0.6) is 0 Å². The first-order valence-corrected chi connectivity index (χ1v) is 6.13. The number of hydrogen-bond acceptors (Lipinski definition) is 2. The fourth-order valence-electron chi connectivity index (χ4n) is 1.08. The lowest BCUT2D eigenvalue weighted by atomic mass is 10.2. The first-order valence-electron chi connectivity index (χ1n) is 3.75. The molecule has 0 N–H and O–H groups in total. The minimum absolute atomic E-state index is 0.600. The number of aromatic nitrogens is 1. The lowest BCUT2D eigenvalue weighted by Crippen LogP contribution is -1.79. The highest BCUT2D eigenvalue weighted by Gasteiger charge is 2.14. The van der Waals surface area contributed by atoms with Crippen molar-refractivity contribution in [3.05, 3.63) is 37.9 Å². The smallest absolute Gasteiger partial charge is 0.216 e. The second-order valence-corrected chi connectivity index (χ2v) is 4.97. The SMILES string of the molecule is Brc1ccccc1-c1noc(Br)c1Br. The van der Waals surface area contributed by atoms with Crippen LogP contribution in [0.25, 0.3) is 11.3 Å². The fourth-order valence-corrected chi connectivity index (χ4v) is 2.17. The van der Waals surface area contributed by atoms with Crippen LogP contribution >= 0.6 is 47.8 Å². The number of halogens is 3. The standard InChI is InChI=1S/C9H4Br3NO/c10-6-4-2-1-3-5(6)8-7(11)9(12)14-13-8/h1-4H. The van der Waals surface area contributed by atoms with Crippen LogP contribution in [0.2, 0.25) is 0 Å². The molecule has 0 saturated carbocycles. The first kappa shape index (κ1) is 10.4. The van der Waals surface area contributed by atoms with Crippen molar-refractivity contribution >= 4 is 47.8 Å². The first-order chi connectivity index (χ1) is 6.70. The Labute approximate surface area is 106 Å². The molecule has 2 nitrogen and oxygen atoms in total. The Kier molecular flexibility index (Phi) is 3.09. The third-order valence-corrected chi connectivity index (χ3v) is 4.23. The molecule has 0 amide bonds. The second kappa shape index (κ2) is 4.16. The van der Waals surface area contributed by atoms with Gasteiger partial charge in [0.2, 0.25) is 4.67 Å². The summed E-state index contributed by atoms with van der Waals surface area (Å²) in [6.45, 7) is 0. The molecule has 1 heterocycles. The van der Waals surface area contributed by atoms with E-state index in [9.17, 15) is 0 Å². The van der Waals surface area contributed by atoms with Crippen molar-refractivity contribution in [3.8, 4) is 11.3 Å². The Hall–Kier alpha value is -0.130. The van der Waals surface area contributed by atoms with E-state index in [-0.39, 0.29) is 0 Å². The second-order valence-electron chi connectivity index (χ2n) is 2.60. The molecule has 0 aliphatic heterocycles. The summed E-state index contributed by atoms with van der Waals surface area (Å²) in [4.78, 5) is 0. The molecular formula is C9H4Br3NO. The molecule has 0 spiro atoms. The summed E-state index contributed by atoms with van der Waals surface area (Å²) in [7, 11) is 0. The van der Waals surface area contributed by atoms with Gasteiger partial charge in [-0.3, -0.25) is 0 Å². The van der Waals surface area contributed by atoms with Crippen molar-refractivity contribution in [2.24, 2.45) is 0 Å². The molecule has 1 aromatic heterocycles. The Bertz CT molecular complexity index is 467. The van der Waals surface area contributed by atoms with Crippen LogP contribution in [0.1, 0.15) is 0 Å². The lowest BCUT2D eigenvalue weighted by molar-refractivity contribution is 0.401. The van der Waals surface area contributed by atoms with Crippen molar-refractivity contribution < 1.29 is 4.52 Å². The summed E-state index contributed by atoms with van der Waals surface area (Å²) in [6, 6.07) is 7.84. The predicted octanol–water partition coefficient (Wildman–Crippen LogP) is 4.63. The van der Waals surface area contributed by atoms with Crippen molar-refractivity contribution in [3.63, 3.8) is 0 Å². The monoisotopic (exact) mass is 379 g/mol. The van der Waals surface area contributed by atoms with Gasteiger partial charge in [-0.25, -0.2) is 0 Å². The van der Waals surface area contributed by atoms with Crippen LogP contribution < -0.4 is 0 Å². The number of nitrogens with zero attached hydrogens (tertiary/aromatic N) is 1. The Morgan fingerprint density at radius 1 is 1.07 bits per heavy atom. The zero-order valence-electron chi connectivity index (χ0n) is 6.80. The van der Waals surface area contributed by atoms with Gasteiger partial charge < -0.3 is 4.52 Å². The summed E-state index contributed by atoms with van der Waals surface area (Å²) >= 11 is 10.1. The molecule has 2 aromatic rings. The quantitative estimate of drug-likeness (QED) is 0.719. The maximum atomic E-state index is 5.00. The van der Waals surface area contributed by atoms with E-state index in [0.717, 1.165) is 20.2 Å². The van der Waals surface area contributed by atoms with Gasteiger partial charge in [-0.1, -0.05) is 39.3 Å². The van der Waals surface area contributed by atoms with Crippen LogP contribution in [0.3, 0.4) is 0 Å². The van der Waals surface area contributed by atoms with E-state index in [2.05, 4.69) is 52.9 Å². The van der Waals surface area contributed by atoms with Gasteiger partial charge in [-0.2, -0.15) is 0 Å². The molecule has 0 atom stereocenters. The molecule has 0 aliphatic rings. The summed E-state index contributed by atoms with van der Waals surface area (Å²) in [6.07, 6.45) is 0. The molecule has 0 bridgehead atoms. The van der Waals surface area contributed by atoms with Gasteiger partial charge in [-0.15, -0.1) is 0 Å². The topological polar surface area (TPSA) is 26.0 Å². The van der Waals surface area contributed by atoms with E-state index in [4.69, 9.17) is 4.52 Å². The van der Waals surface area contributed by atoms with Crippen LogP contribution in [0.15, 0.2) is 42.4 Å². The van der Waals surface area contributed by atoms with Gasteiger partial charge >= 0.3 is 0 Å². The largest absolute Gasteiger partial charge is 0.347 e. The van der Waals surface area contributed by atoms with E-state index >= 15 is 0 Å². The molecule has 2 rings (SSSR count). The maximum absolute atomic E-state index is 5.00. The minimum Gasteiger partial charge on any atom is -0.347 e. The summed E-state index contributed by atoms with van der Waals surface area (Å²) < 4.78 is 7.41. The highest BCUT2D eigenvalue weighted by molar-refractivity contribution is 9.13. The summed E-state index contributed by atoms with van der Waals surface area (Å²) in [5.74, 6) is 0. The maximum Gasteiger partial charge on any atom is 0.216 e. The zero-order valence-corrected chi connectivity index (χ0v) is 11.6. The average molecular weight is 382 g/mol. The molecule has 14 heavy (non-hydrogen) atoms. The third kappa shape index (κ3) is 1.81. The summed E-state index contributed by atoms with van der Waals surface area (Å²) in [5, 5.41) is 3.95. The molecule has 0 aliphatic carbocycles. The lowest BCUT2D eigenvalue weighted by Gasteiger charge is -1.98. The van der Waals surface area contributed by atoms with Gasteiger partial charge in [0, 0.05) is 10.0 Å². The van der Waals surface area contributed by atoms with Crippen molar-refractivity contribution in [2.75, 3.05) is 0 Å². The molecule has 5 heteroatoms. The number of hydrogen-bond donors (Lipinski definition) is 0. The normalized spacial score (nSPS) is 10.5. The third-order valence-electron chi connectivity index (χ3n) is 1.73. The van der Waals surface area contributed by atoms with E-state index in [1.165, 1.54) is 0 Å². The average Bonchev–Trinajstić information content (AvgIpc) is 2.49. The van der Waals surface area contributed by atoms with E-state index in [1.54, 1.807) is 0 Å². The van der Waals surface area contributed by atoms with E-state index < -0.39 is 0 Å². The summed E-state index contributed by atoms with van der Waals surface area (Å²) in [5.41, 5.74) is 1.78. The highest BCUT2D eigenvalue weighted by atomic mass is 79.9. The van der Waals surface area contributed by atoms with Gasteiger partial charge in [0.25, 0.3) is 0 Å². The van der Waals surface area contributed by atoms with Crippen LogP contribution in [0, 0.1) is 0 Å². The molecular weight excluding hydrogens is 378 g/mol. The van der Waals surface area contributed by atoms with E-state index in [0.29, 0.717) is 4.67 Å². The van der Waals surface area contributed by atoms with Crippen LogP contribution in [-0.4, -0.2) is 5.16 Å². The van der Waals surface area contributed by atoms with Crippen LogP contribution in [-0.2, 0) is 0 Å². The zero-order chi connectivity index (χ0) is 10.1. The Balaban J connectivity index is 2.60. The predicted molar refractivity (Wildman–Crippen MR) is 65.0 cm³/mol.